The van der Waals surface area contributed by atoms with Crippen LogP contribution in [0.25, 0.3) is 0 Å². The molecule has 1 aliphatic rings. The van der Waals surface area contributed by atoms with Crippen molar-refractivity contribution in [3.8, 4) is 6.07 Å². The highest BCUT2D eigenvalue weighted by Crippen LogP contribution is 2.35. The Bertz CT molecular complexity index is 748. The van der Waals surface area contributed by atoms with Crippen LogP contribution in [0, 0.1) is 18.3 Å². The van der Waals surface area contributed by atoms with Crippen molar-refractivity contribution in [1.82, 2.24) is 9.55 Å². The number of thiazole rings is 1. The van der Waals surface area contributed by atoms with Crippen LogP contribution in [0.5, 0.6) is 0 Å². The molecule has 0 amide bonds. The number of nitrogens with zero attached hydrogens (tertiary/aromatic N) is 3. The van der Waals surface area contributed by atoms with E-state index in [2.05, 4.69) is 4.98 Å². The van der Waals surface area contributed by atoms with Crippen LogP contribution in [0.4, 0.5) is 0 Å². The van der Waals surface area contributed by atoms with Gasteiger partial charge in [0.25, 0.3) is 5.56 Å². The standard InChI is InChI=1S/C16H17N3OS/c1-11-6-7-19(16(20)14(11)8-17)9-13-10-21-15(18-13)12-4-2-3-5-12/h6-7,10,12H,2-5,9H2,1H3. The minimum absolute atomic E-state index is 0.226. The van der Waals surface area contributed by atoms with Gasteiger partial charge in [0.2, 0.25) is 0 Å². The molecule has 0 aliphatic heterocycles. The van der Waals surface area contributed by atoms with Gasteiger partial charge < -0.3 is 4.57 Å². The molecule has 5 heteroatoms. The molecule has 108 valence electrons. The van der Waals surface area contributed by atoms with Crippen LogP contribution in [-0.4, -0.2) is 9.55 Å². The molecule has 0 aromatic carbocycles. The fourth-order valence-corrected chi connectivity index (χ4v) is 3.84. The van der Waals surface area contributed by atoms with Gasteiger partial charge in [-0.2, -0.15) is 5.26 Å². The van der Waals surface area contributed by atoms with Crippen molar-refractivity contribution in [2.45, 2.75) is 45.1 Å². The maximum atomic E-state index is 12.2. The number of nitriles is 1. The van der Waals surface area contributed by atoms with Gasteiger partial charge in [-0.3, -0.25) is 4.79 Å². The highest BCUT2D eigenvalue weighted by Gasteiger charge is 2.20. The molecule has 21 heavy (non-hydrogen) atoms. The third-order valence-electron chi connectivity index (χ3n) is 4.09. The Kier molecular flexibility index (Phi) is 3.89. The zero-order valence-corrected chi connectivity index (χ0v) is 12.8. The Balaban J connectivity index is 1.84. The van der Waals surface area contributed by atoms with E-state index in [0.29, 0.717) is 12.5 Å². The van der Waals surface area contributed by atoms with Crippen molar-refractivity contribution in [1.29, 1.82) is 5.26 Å². The molecule has 0 radical (unpaired) electrons. The summed E-state index contributed by atoms with van der Waals surface area (Å²) in [5, 5.41) is 12.3. The first-order chi connectivity index (χ1) is 10.2. The molecule has 2 aromatic heterocycles. The maximum absolute atomic E-state index is 12.2. The number of pyridine rings is 1. The summed E-state index contributed by atoms with van der Waals surface area (Å²) in [6.45, 7) is 2.22. The predicted octanol–water partition coefficient (Wildman–Crippen LogP) is 3.19. The van der Waals surface area contributed by atoms with E-state index in [0.717, 1.165) is 11.3 Å². The SMILES string of the molecule is Cc1ccn(Cc2csc(C3CCCC3)n2)c(=O)c1C#N. The quantitative estimate of drug-likeness (QED) is 0.874. The monoisotopic (exact) mass is 299 g/mol. The summed E-state index contributed by atoms with van der Waals surface area (Å²) in [6.07, 6.45) is 6.80. The number of aryl methyl sites for hydroxylation is 1. The second-order valence-corrected chi connectivity index (χ2v) is 6.47. The fourth-order valence-electron chi connectivity index (χ4n) is 2.86. The Hall–Kier alpha value is -1.93. The fraction of sp³-hybridized carbons (Fsp3) is 0.438. The second kappa shape index (κ2) is 5.82. The Labute approximate surface area is 127 Å². The first-order valence-electron chi connectivity index (χ1n) is 7.23. The maximum Gasteiger partial charge on any atom is 0.269 e. The van der Waals surface area contributed by atoms with Gasteiger partial charge in [-0.25, -0.2) is 4.98 Å². The van der Waals surface area contributed by atoms with Gasteiger partial charge >= 0.3 is 0 Å². The summed E-state index contributed by atoms with van der Waals surface area (Å²) in [4.78, 5) is 16.9. The third-order valence-corrected chi connectivity index (χ3v) is 5.15. The lowest BCUT2D eigenvalue weighted by molar-refractivity contribution is 0.695. The topological polar surface area (TPSA) is 58.7 Å². The molecule has 0 unspecified atom stereocenters. The Morgan fingerprint density at radius 3 is 2.95 bits per heavy atom. The van der Waals surface area contributed by atoms with E-state index < -0.39 is 0 Å². The summed E-state index contributed by atoms with van der Waals surface area (Å²) < 4.78 is 1.57. The van der Waals surface area contributed by atoms with E-state index in [4.69, 9.17) is 5.26 Å². The molecule has 1 aliphatic carbocycles. The smallest absolute Gasteiger partial charge is 0.269 e. The molecule has 2 heterocycles. The molecule has 1 saturated carbocycles. The van der Waals surface area contributed by atoms with Gasteiger partial charge in [-0.05, 0) is 31.4 Å². The van der Waals surface area contributed by atoms with Crippen molar-refractivity contribution in [3.63, 3.8) is 0 Å². The van der Waals surface area contributed by atoms with Gasteiger partial charge in [0.1, 0.15) is 11.6 Å². The molecule has 4 nitrogen and oxygen atoms in total. The van der Waals surface area contributed by atoms with Crippen LogP contribution in [0.2, 0.25) is 0 Å². The molecule has 0 saturated heterocycles. The lowest BCUT2D eigenvalue weighted by atomic mass is 10.1. The van der Waals surface area contributed by atoms with Gasteiger partial charge in [0.15, 0.2) is 0 Å². The van der Waals surface area contributed by atoms with E-state index in [9.17, 15) is 4.79 Å². The molecule has 0 bridgehead atoms. The minimum Gasteiger partial charge on any atom is -0.308 e. The van der Waals surface area contributed by atoms with E-state index in [-0.39, 0.29) is 11.1 Å². The molecule has 2 aromatic rings. The van der Waals surface area contributed by atoms with Crippen LogP contribution in [0.1, 0.15) is 53.4 Å². The molecule has 0 spiro atoms. The Morgan fingerprint density at radius 1 is 1.48 bits per heavy atom. The van der Waals surface area contributed by atoms with Crippen molar-refractivity contribution in [3.05, 3.63) is 49.8 Å². The van der Waals surface area contributed by atoms with Gasteiger partial charge in [-0.15, -0.1) is 11.3 Å². The molecule has 0 N–H and O–H groups in total. The van der Waals surface area contributed by atoms with E-state index in [1.807, 2.05) is 17.5 Å². The Morgan fingerprint density at radius 2 is 2.24 bits per heavy atom. The summed E-state index contributed by atoms with van der Waals surface area (Å²) in [5.74, 6) is 0.605. The zero-order valence-electron chi connectivity index (χ0n) is 12.0. The summed E-state index contributed by atoms with van der Waals surface area (Å²) in [5.41, 5.74) is 1.64. The summed E-state index contributed by atoms with van der Waals surface area (Å²) in [6, 6.07) is 3.80. The summed E-state index contributed by atoms with van der Waals surface area (Å²) >= 11 is 1.69. The number of hydrogen-bond donors (Lipinski definition) is 0. The van der Waals surface area contributed by atoms with Crippen LogP contribution in [0.15, 0.2) is 22.4 Å². The van der Waals surface area contributed by atoms with Crippen LogP contribution < -0.4 is 5.56 Å². The molecule has 3 rings (SSSR count). The average Bonchev–Trinajstić information content (AvgIpc) is 3.13. The molecular weight excluding hydrogens is 282 g/mol. The third kappa shape index (κ3) is 2.77. The molecule has 1 fully saturated rings. The van der Waals surface area contributed by atoms with Crippen molar-refractivity contribution >= 4 is 11.3 Å². The average molecular weight is 299 g/mol. The van der Waals surface area contributed by atoms with Crippen LogP contribution in [-0.2, 0) is 6.54 Å². The molecule has 0 atom stereocenters. The summed E-state index contributed by atoms with van der Waals surface area (Å²) in [7, 11) is 0. The molecular formula is C16H17N3OS. The van der Waals surface area contributed by atoms with Gasteiger partial charge in [-0.1, -0.05) is 12.8 Å². The number of aromatic nitrogens is 2. The highest BCUT2D eigenvalue weighted by atomic mass is 32.1. The first-order valence-corrected chi connectivity index (χ1v) is 8.11. The van der Waals surface area contributed by atoms with Crippen molar-refractivity contribution < 1.29 is 0 Å². The zero-order chi connectivity index (χ0) is 14.8. The first kappa shape index (κ1) is 14.0. The highest BCUT2D eigenvalue weighted by molar-refractivity contribution is 7.09. The minimum atomic E-state index is -0.229. The predicted molar refractivity (Wildman–Crippen MR) is 82.6 cm³/mol. The van der Waals surface area contributed by atoms with E-state index in [1.165, 1.54) is 30.7 Å². The lowest BCUT2D eigenvalue weighted by Gasteiger charge is -2.06. The largest absolute Gasteiger partial charge is 0.308 e. The lowest BCUT2D eigenvalue weighted by Crippen LogP contribution is -2.23. The van der Waals surface area contributed by atoms with E-state index in [1.54, 1.807) is 29.0 Å². The number of rotatable bonds is 3. The van der Waals surface area contributed by atoms with Crippen molar-refractivity contribution in [2.24, 2.45) is 0 Å². The van der Waals surface area contributed by atoms with Crippen LogP contribution >= 0.6 is 11.3 Å². The van der Waals surface area contributed by atoms with E-state index >= 15 is 0 Å². The number of hydrogen-bond acceptors (Lipinski definition) is 4. The van der Waals surface area contributed by atoms with Crippen LogP contribution in [0.3, 0.4) is 0 Å². The van der Waals surface area contributed by atoms with Gasteiger partial charge in [0.05, 0.1) is 17.2 Å². The second-order valence-electron chi connectivity index (χ2n) is 5.58. The van der Waals surface area contributed by atoms with Crippen molar-refractivity contribution in [2.75, 3.05) is 0 Å². The normalized spacial score (nSPS) is 15.2. The van der Waals surface area contributed by atoms with Gasteiger partial charge in [0, 0.05) is 17.5 Å².